The van der Waals surface area contributed by atoms with Gasteiger partial charge in [0.1, 0.15) is 0 Å². The number of rotatable bonds is 5. The van der Waals surface area contributed by atoms with Crippen LogP contribution in [0.15, 0.2) is 42.5 Å². The van der Waals surface area contributed by atoms with Crippen LogP contribution in [0, 0.1) is 18.8 Å². The van der Waals surface area contributed by atoms with Crippen molar-refractivity contribution in [3.8, 4) is 11.8 Å². The third kappa shape index (κ3) is 5.88. The molecular weight excluding hydrogens is 388 g/mol. The summed E-state index contributed by atoms with van der Waals surface area (Å²) in [7, 11) is 0. The summed E-state index contributed by atoms with van der Waals surface area (Å²) < 4.78 is 0. The lowest BCUT2D eigenvalue weighted by Crippen LogP contribution is -2.33. The first-order valence-electron chi connectivity index (χ1n) is 11.5. The zero-order valence-corrected chi connectivity index (χ0v) is 18.9. The van der Waals surface area contributed by atoms with Crippen molar-refractivity contribution in [3.05, 3.63) is 69.7 Å². The van der Waals surface area contributed by atoms with Gasteiger partial charge in [-0.1, -0.05) is 41.6 Å². The van der Waals surface area contributed by atoms with Crippen LogP contribution in [0.4, 0.5) is 0 Å². The summed E-state index contributed by atoms with van der Waals surface area (Å²) in [5.74, 6) is 7.46. The minimum absolute atomic E-state index is 0.673. The summed E-state index contributed by atoms with van der Waals surface area (Å²) in [5.41, 5.74) is 5.41. The Morgan fingerprint density at radius 3 is 2.37 bits per heavy atom. The van der Waals surface area contributed by atoms with Gasteiger partial charge in [-0.15, -0.1) is 0 Å². The largest absolute Gasteiger partial charge is 0.302 e. The van der Waals surface area contributed by atoms with Crippen molar-refractivity contribution in [2.24, 2.45) is 0 Å². The molecule has 3 heteroatoms. The maximum atomic E-state index is 6.02. The van der Waals surface area contributed by atoms with E-state index in [9.17, 15) is 0 Å². The average molecular weight is 421 g/mol. The fourth-order valence-electron chi connectivity index (χ4n) is 4.74. The molecule has 30 heavy (non-hydrogen) atoms. The maximum absolute atomic E-state index is 6.02. The number of benzene rings is 2. The summed E-state index contributed by atoms with van der Waals surface area (Å²) in [4.78, 5) is 5.12. The van der Waals surface area contributed by atoms with Gasteiger partial charge < -0.3 is 4.90 Å². The summed E-state index contributed by atoms with van der Waals surface area (Å²) in [6.45, 7) is 9.22. The van der Waals surface area contributed by atoms with Gasteiger partial charge in [-0.25, -0.2) is 0 Å². The zero-order chi connectivity index (χ0) is 20.8. The van der Waals surface area contributed by atoms with Gasteiger partial charge >= 0.3 is 0 Å². The van der Waals surface area contributed by atoms with E-state index in [0.29, 0.717) is 5.92 Å². The molecule has 0 N–H and O–H groups in total. The van der Waals surface area contributed by atoms with Crippen LogP contribution in [-0.4, -0.2) is 42.5 Å². The third-order valence-electron chi connectivity index (χ3n) is 6.65. The van der Waals surface area contributed by atoms with E-state index in [2.05, 4.69) is 58.9 Å². The Balaban J connectivity index is 1.21. The lowest BCUT2D eigenvalue weighted by Gasteiger charge is -2.31. The van der Waals surface area contributed by atoms with Gasteiger partial charge in [0, 0.05) is 30.1 Å². The van der Waals surface area contributed by atoms with Gasteiger partial charge in [0.2, 0.25) is 0 Å². The number of hydrogen-bond donors (Lipinski definition) is 0. The monoisotopic (exact) mass is 420 g/mol. The van der Waals surface area contributed by atoms with E-state index in [0.717, 1.165) is 30.1 Å². The Morgan fingerprint density at radius 2 is 1.67 bits per heavy atom. The normalized spacial score (nSPS) is 18.3. The number of likely N-dealkylation sites (tertiary alicyclic amines) is 2. The quantitative estimate of drug-likeness (QED) is 0.558. The minimum atomic E-state index is 0.673. The van der Waals surface area contributed by atoms with E-state index in [1.54, 1.807) is 0 Å². The van der Waals surface area contributed by atoms with Crippen LogP contribution in [0.2, 0.25) is 5.02 Å². The van der Waals surface area contributed by atoms with Crippen molar-refractivity contribution in [3.63, 3.8) is 0 Å². The Bertz CT molecular complexity index is 879. The molecule has 2 aromatic rings. The molecule has 0 amide bonds. The Labute approximate surface area is 187 Å². The molecule has 0 saturated carbocycles. The molecule has 4 rings (SSSR count). The first-order valence-corrected chi connectivity index (χ1v) is 11.8. The Morgan fingerprint density at radius 1 is 0.933 bits per heavy atom. The van der Waals surface area contributed by atoms with Crippen molar-refractivity contribution < 1.29 is 0 Å². The summed E-state index contributed by atoms with van der Waals surface area (Å²) in [6.07, 6.45) is 6.10. The van der Waals surface area contributed by atoms with E-state index in [1.807, 2.05) is 12.1 Å². The smallest absolute Gasteiger partial charge is 0.0406 e. The van der Waals surface area contributed by atoms with Crippen LogP contribution in [0.1, 0.15) is 60.3 Å². The fraction of sp³-hybridized carbons (Fsp3) is 0.481. The SMILES string of the molecule is Cc1cc(C#CCCN2CCC(c3ccc(Cl)cc3)CC2)ccc1CN1CCCC1. The molecule has 2 heterocycles. The highest BCUT2D eigenvalue weighted by Gasteiger charge is 2.20. The topological polar surface area (TPSA) is 6.48 Å². The zero-order valence-electron chi connectivity index (χ0n) is 18.2. The molecule has 2 aliphatic rings. The number of halogens is 1. The van der Waals surface area contributed by atoms with E-state index in [4.69, 9.17) is 11.6 Å². The molecule has 2 aliphatic heterocycles. The van der Waals surface area contributed by atoms with Crippen molar-refractivity contribution >= 4 is 11.6 Å². The van der Waals surface area contributed by atoms with Gasteiger partial charge in [0.25, 0.3) is 0 Å². The van der Waals surface area contributed by atoms with Crippen LogP contribution in [0.25, 0.3) is 0 Å². The van der Waals surface area contributed by atoms with Crippen molar-refractivity contribution in [2.75, 3.05) is 32.7 Å². The highest BCUT2D eigenvalue weighted by atomic mass is 35.5. The molecule has 2 aromatic carbocycles. The van der Waals surface area contributed by atoms with Crippen molar-refractivity contribution in [1.82, 2.24) is 9.80 Å². The van der Waals surface area contributed by atoms with Crippen LogP contribution in [-0.2, 0) is 6.54 Å². The van der Waals surface area contributed by atoms with Gasteiger partial charge in [-0.2, -0.15) is 0 Å². The van der Waals surface area contributed by atoms with Crippen molar-refractivity contribution in [1.29, 1.82) is 0 Å². The lowest BCUT2D eigenvalue weighted by atomic mass is 9.89. The molecule has 2 saturated heterocycles. The lowest BCUT2D eigenvalue weighted by molar-refractivity contribution is 0.217. The molecule has 0 atom stereocenters. The fourth-order valence-corrected chi connectivity index (χ4v) is 4.86. The van der Waals surface area contributed by atoms with Crippen molar-refractivity contribution in [2.45, 2.75) is 51.5 Å². The molecule has 0 aliphatic carbocycles. The van der Waals surface area contributed by atoms with E-state index < -0.39 is 0 Å². The Hall–Kier alpha value is -1.79. The van der Waals surface area contributed by atoms with Crippen LogP contribution in [0.5, 0.6) is 0 Å². The minimum Gasteiger partial charge on any atom is -0.302 e. The maximum Gasteiger partial charge on any atom is 0.0406 e. The van der Waals surface area contributed by atoms with Crippen LogP contribution >= 0.6 is 11.6 Å². The van der Waals surface area contributed by atoms with Gasteiger partial charge in [-0.3, -0.25) is 4.90 Å². The van der Waals surface area contributed by atoms with E-state index >= 15 is 0 Å². The predicted octanol–water partition coefficient (Wildman–Crippen LogP) is 5.87. The molecule has 0 radical (unpaired) electrons. The number of aryl methyl sites for hydroxylation is 1. The molecule has 2 nitrogen and oxygen atoms in total. The molecule has 2 fully saturated rings. The molecule has 158 valence electrons. The van der Waals surface area contributed by atoms with Crippen LogP contribution in [0.3, 0.4) is 0 Å². The highest BCUT2D eigenvalue weighted by Crippen LogP contribution is 2.28. The second-order valence-corrected chi connectivity index (χ2v) is 9.28. The first kappa shape index (κ1) is 21.4. The second-order valence-electron chi connectivity index (χ2n) is 8.84. The summed E-state index contributed by atoms with van der Waals surface area (Å²) in [6, 6.07) is 15.1. The van der Waals surface area contributed by atoms with E-state index in [-0.39, 0.29) is 0 Å². The van der Waals surface area contributed by atoms with Gasteiger partial charge in [-0.05, 0) is 106 Å². The third-order valence-corrected chi connectivity index (χ3v) is 6.90. The predicted molar refractivity (Wildman–Crippen MR) is 127 cm³/mol. The first-order chi connectivity index (χ1) is 14.7. The molecule has 0 aromatic heterocycles. The summed E-state index contributed by atoms with van der Waals surface area (Å²) in [5, 5.41) is 0.825. The van der Waals surface area contributed by atoms with E-state index in [1.165, 1.54) is 68.6 Å². The average Bonchev–Trinajstić information content (AvgIpc) is 3.27. The van der Waals surface area contributed by atoms with Gasteiger partial charge in [0.15, 0.2) is 0 Å². The Kier molecular flexibility index (Phi) is 7.50. The summed E-state index contributed by atoms with van der Waals surface area (Å²) >= 11 is 6.02. The van der Waals surface area contributed by atoms with Gasteiger partial charge in [0.05, 0.1) is 0 Å². The molecule has 0 spiro atoms. The number of nitrogens with zero attached hydrogens (tertiary/aromatic N) is 2. The molecule has 0 unspecified atom stereocenters. The number of hydrogen-bond acceptors (Lipinski definition) is 2. The standard InChI is InChI=1S/C27H33ClN2/c1-22-20-23(7-8-26(22)21-30-16-4-5-17-30)6-2-3-15-29-18-13-25(14-19-29)24-9-11-27(28)12-10-24/h7-12,20,25H,3-5,13-19,21H2,1H3. The highest BCUT2D eigenvalue weighted by molar-refractivity contribution is 6.30. The second kappa shape index (κ2) is 10.5. The molecule has 0 bridgehead atoms. The molecular formula is C27H33ClN2. The number of piperidine rings is 1. The van der Waals surface area contributed by atoms with Crippen LogP contribution < -0.4 is 0 Å².